The first-order valence-electron chi connectivity index (χ1n) is 5.09. The fraction of sp³-hybridized carbons (Fsp3) is 0.727. The molecular weight excluding hydrogens is 160 g/mol. The van der Waals surface area contributed by atoms with Crippen molar-refractivity contribution >= 4 is 0 Å². The van der Waals surface area contributed by atoms with E-state index in [0.717, 1.165) is 13.0 Å². The fourth-order valence-electron chi connectivity index (χ4n) is 0.986. The number of nitriles is 1. The highest BCUT2D eigenvalue weighted by Crippen LogP contribution is 1.95. The standard InChI is InChI=1S/C11H20N2/c1-3-4-5-6-7-8-9-13-11(2)10-12/h6-7,11,13H,3-5,8-9H2,1-2H3/b7-6+. The first-order valence-corrected chi connectivity index (χ1v) is 5.09. The molecule has 0 aromatic heterocycles. The molecule has 0 bridgehead atoms. The Hall–Kier alpha value is -0.810. The average Bonchev–Trinajstić information content (AvgIpc) is 2.16. The van der Waals surface area contributed by atoms with Crippen molar-refractivity contribution in [2.75, 3.05) is 6.54 Å². The van der Waals surface area contributed by atoms with E-state index < -0.39 is 0 Å². The van der Waals surface area contributed by atoms with Crippen LogP contribution in [0, 0.1) is 11.3 Å². The van der Waals surface area contributed by atoms with E-state index in [1.54, 1.807) is 0 Å². The van der Waals surface area contributed by atoms with Gasteiger partial charge in [-0.25, -0.2) is 0 Å². The molecule has 0 aliphatic carbocycles. The van der Waals surface area contributed by atoms with Crippen LogP contribution < -0.4 is 5.32 Å². The van der Waals surface area contributed by atoms with Crippen LogP contribution >= 0.6 is 0 Å². The Morgan fingerprint density at radius 3 is 2.69 bits per heavy atom. The van der Waals surface area contributed by atoms with Gasteiger partial charge in [0.2, 0.25) is 0 Å². The molecule has 1 atom stereocenters. The Morgan fingerprint density at radius 1 is 1.38 bits per heavy atom. The van der Waals surface area contributed by atoms with Crippen molar-refractivity contribution in [1.29, 1.82) is 5.26 Å². The molecule has 0 amide bonds. The quantitative estimate of drug-likeness (QED) is 0.483. The lowest BCUT2D eigenvalue weighted by Gasteiger charge is -2.02. The number of unbranched alkanes of at least 4 members (excludes halogenated alkanes) is 2. The smallest absolute Gasteiger partial charge is 0.0924 e. The molecule has 0 aromatic carbocycles. The highest BCUT2D eigenvalue weighted by molar-refractivity contribution is 4.87. The molecule has 0 fully saturated rings. The minimum atomic E-state index is -0.0240. The van der Waals surface area contributed by atoms with E-state index in [1.807, 2.05) is 6.92 Å². The van der Waals surface area contributed by atoms with Crippen molar-refractivity contribution in [3.63, 3.8) is 0 Å². The molecule has 74 valence electrons. The van der Waals surface area contributed by atoms with Crippen molar-refractivity contribution in [3.8, 4) is 6.07 Å². The molecule has 0 heterocycles. The predicted octanol–water partition coefficient (Wildman–Crippen LogP) is 2.62. The number of nitrogens with zero attached hydrogens (tertiary/aromatic N) is 1. The Morgan fingerprint density at radius 2 is 2.08 bits per heavy atom. The first kappa shape index (κ1) is 12.2. The van der Waals surface area contributed by atoms with Crippen LogP contribution in [-0.2, 0) is 0 Å². The fourth-order valence-corrected chi connectivity index (χ4v) is 0.986. The van der Waals surface area contributed by atoms with Gasteiger partial charge in [0.05, 0.1) is 12.1 Å². The van der Waals surface area contributed by atoms with E-state index in [2.05, 4.69) is 30.5 Å². The lowest BCUT2D eigenvalue weighted by molar-refractivity contribution is 0.646. The van der Waals surface area contributed by atoms with Crippen LogP contribution in [0.2, 0.25) is 0 Å². The van der Waals surface area contributed by atoms with Crippen LogP contribution in [0.1, 0.15) is 39.5 Å². The summed E-state index contributed by atoms with van der Waals surface area (Å²) in [4.78, 5) is 0. The lowest BCUT2D eigenvalue weighted by atomic mass is 10.2. The maximum atomic E-state index is 8.48. The van der Waals surface area contributed by atoms with Gasteiger partial charge in [0.15, 0.2) is 0 Å². The molecule has 2 nitrogen and oxygen atoms in total. The van der Waals surface area contributed by atoms with Gasteiger partial charge in [0.25, 0.3) is 0 Å². The Balaban J connectivity index is 3.16. The topological polar surface area (TPSA) is 35.8 Å². The van der Waals surface area contributed by atoms with Crippen LogP contribution in [-0.4, -0.2) is 12.6 Å². The van der Waals surface area contributed by atoms with E-state index in [1.165, 1.54) is 19.3 Å². The first-order chi connectivity index (χ1) is 6.31. The SMILES string of the molecule is CCCC/C=C/CCNC(C)C#N. The van der Waals surface area contributed by atoms with Crippen LogP contribution in [0.25, 0.3) is 0 Å². The summed E-state index contributed by atoms with van der Waals surface area (Å²) >= 11 is 0. The number of nitrogens with one attached hydrogen (secondary N) is 1. The van der Waals surface area contributed by atoms with Crippen molar-refractivity contribution in [3.05, 3.63) is 12.2 Å². The zero-order chi connectivity index (χ0) is 9.94. The van der Waals surface area contributed by atoms with E-state index in [0.29, 0.717) is 0 Å². The molecule has 1 unspecified atom stereocenters. The van der Waals surface area contributed by atoms with Gasteiger partial charge in [-0.2, -0.15) is 5.26 Å². The highest BCUT2D eigenvalue weighted by Gasteiger charge is 1.93. The molecule has 0 aromatic rings. The summed E-state index contributed by atoms with van der Waals surface area (Å²) in [5.74, 6) is 0. The Kier molecular flexibility index (Phi) is 8.70. The molecule has 0 rings (SSSR count). The third-order valence-electron chi connectivity index (χ3n) is 1.85. The number of hydrogen-bond donors (Lipinski definition) is 1. The number of rotatable bonds is 7. The van der Waals surface area contributed by atoms with Crippen LogP contribution in [0.4, 0.5) is 0 Å². The molecule has 0 aliphatic rings. The van der Waals surface area contributed by atoms with E-state index in [4.69, 9.17) is 5.26 Å². The monoisotopic (exact) mass is 180 g/mol. The van der Waals surface area contributed by atoms with Gasteiger partial charge in [-0.05, 0) is 26.3 Å². The van der Waals surface area contributed by atoms with E-state index in [-0.39, 0.29) is 6.04 Å². The molecule has 0 saturated heterocycles. The highest BCUT2D eigenvalue weighted by atomic mass is 14.9. The van der Waals surface area contributed by atoms with E-state index in [9.17, 15) is 0 Å². The molecule has 0 spiro atoms. The molecular formula is C11H20N2. The lowest BCUT2D eigenvalue weighted by Crippen LogP contribution is -2.24. The van der Waals surface area contributed by atoms with Gasteiger partial charge in [-0.3, -0.25) is 0 Å². The second kappa shape index (κ2) is 9.28. The van der Waals surface area contributed by atoms with Crippen molar-refractivity contribution in [1.82, 2.24) is 5.32 Å². The average molecular weight is 180 g/mol. The van der Waals surface area contributed by atoms with Crippen molar-refractivity contribution in [2.24, 2.45) is 0 Å². The maximum Gasteiger partial charge on any atom is 0.0924 e. The van der Waals surface area contributed by atoms with Gasteiger partial charge in [0, 0.05) is 0 Å². The Bertz CT molecular complexity index is 167. The Labute approximate surface area is 81.6 Å². The summed E-state index contributed by atoms with van der Waals surface area (Å²) in [5.41, 5.74) is 0. The zero-order valence-electron chi connectivity index (χ0n) is 8.71. The van der Waals surface area contributed by atoms with Gasteiger partial charge in [-0.15, -0.1) is 0 Å². The largest absolute Gasteiger partial charge is 0.302 e. The molecule has 1 N–H and O–H groups in total. The molecule has 2 heteroatoms. The second-order valence-electron chi connectivity index (χ2n) is 3.21. The summed E-state index contributed by atoms with van der Waals surface area (Å²) in [5, 5.41) is 11.6. The zero-order valence-corrected chi connectivity index (χ0v) is 8.71. The van der Waals surface area contributed by atoms with Gasteiger partial charge < -0.3 is 5.32 Å². The van der Waals surface area contributed by atoms with E-state index >= 15 is 0 Å². The van der Waals surface area contributed by atoms with Crippen LogP contribution in [0.15, 0.2) is 12.2 Å². The van der Waals surface area contributed by atoms with Crippen molar-refractivity contribution in [2.45, 2.75) is 45.6 Å². The summed E-state index contributed by atoms with van der Waals surface area (Å²) in [6, 6.07) is 2.12. The summed E-state index contributed by atoms with van der Waals surface area (Å²) in [7, 11) is 0. The second-order valence-corrected chi connectivity index (χ2v) is 3.21. The molecule has 0 aliphatic heterocycles. The van der Waals surface area contributed by atoms with Crippen molar-refractivity contribution < 1.29 is 0 Å². The molecule has 0 saturated carbocycles. The summed E-state index contributed by atoms with van der Waals surface area (Å²) < 4.78 is 0. The van der Waals surface area contributed by atoms with Gasteiger partial charge in [0.1, 0.15) is 0 Å². The maximum absolute atomic E-state index is 8.48. The minimum absolute atomic E-state index is 0.0240. The van der Waals surface area contributed by atoms with Gasteiger partial charge >= 0.3 is 0 Å². The minimum Gasteiger partial charge on any atom is -0.302 e. The van der Waals surface area contributed by atoms with Crippen LogP contribution in [0.5, 0.6) is 0 Å². The third-order valence-corrected chi connectivity index (χ3v) is 1.85. The van der Waals surface area contributed by atoms with Gasteiger partial charge in [-0.1, -0.05) is 31.9 Å². The normalized spacial score (nSPS) is 13.0. The summed E-state index contributed by atoms with van der Waals surface area (Å²) in [6.45, 7) is 4.97. The molecule has 0 radical (unpaired) electrons. The number of hydrogen-bond acceptors (Lipinski definition) is 2. The molecule has 13 heavy (non-hydrogen) atoms. The van der Waals surface area contributed by atoms with Crippen LogP contribution in [0.3, 0.4) is 0 Å². The predicted molar refractivity (Wildman–Crippen MR) is 56.4 cm³/mol. The number of allylic oxidation sites excluding steroid dienone is 1. The third kappa shape index (κ3) is 9.10. The summed E-state index contributed by atoms with van der Waals surface area (Å²) in [6.07, 6.45) is 9.15.